The molecule has 6 nitrogen and oxygen atoms in total. The van der Waals surface area contributed by atoms with Gasteiger partial charge in [0.25, 0.3) is 10.1 Å². The molecule has 0 aliphatic carbocycles. The van der Waals surface area contributed by atoms with E-state index in [-0.39, 0.29) is 12.5 Å². The van der Waals surface area contributed by atoms with E-state index in [1.54, 1.807) is 20.1 Å². The van der Waals surface area contributed by atoms with Crippen molar-refractivity contribution in [3.63, 3.8) is 0 Å². The van der Waals surface area contributed by atoms with Gasteiger partial charge in [0.2, 0.25) is 5.91 Å². The minimum Gasteiger partial charge on any atom is -0.496 e. The van der Waals surface area contributed by atoms with Gasteiger partial charge in [-0.05, 0) is 68.5 Å². The van der Waals surface area contributed by atoms with Gasteiger partial charge >= 0.3 is 0 Å². The highest BCUT2D eigenvalue weighted by Gasteiger charge is 2.11. The first-order chi connectivity index (χ1) is 14.4. The zero-order valence-electron chi connectivity index (χ0n) is 19.4. The summed E-state index contributed by atoms with van der Waals surface area (Å²) in [5, 5.41) is 0. The van der Waals surface area contributed by atoms with Crippen LogP contribution in [0.2, 0.25) is 0 Å². The zero-order chi connectivity index (χ0) is 23.8. The number of methoxy groups -OCH3 is 1. The first-order valence-corrected chi connectivity index (χ1v) is 11.5. The number of amides is 1. The molecule has 0 unspecified atom stereocenters. The number of hydrogen-bond donors (Lipinski definition) is 1. The molecule has 0 heterocycles. The normalized spacial score (nSPS) is 13.3. The van der Waals surface area contributed by atoms with E-state index in [9.17, 15) is 13.2 Å². The predicted molar refractivity (Wildman–Crippen MR) is 127 cm³/mol. The third-order valence-electron chi connectivity index (χ3n) is 4.97. The van der Waals surface area contributed by atoms with E-state index < -0.39 is 15.9 Å². The van der Waals surface area contributed by atoms with Crippen LogP contribution >= 0.6 is 0 Å². The Kier molecular flexibility index (Phi) is 9.94. The molecular formula is C24H33NO5S. The molecule has 31 heavy (non-hydrogen) atoms. The maximum atomic E-state index is 12.1. The lowest BCUT2D eigenvalue weighted by molar-refractivity contribution is -0.124. The highest BCUT2D eigenvalue weighted by atomic mass is 32.2. The van der Waals surface area contributed by atoms with Crippen LogP contribution in [0.25, 0.3) is 6.08 Å². The van der Waals surface area contributed by atoms with Crippen LogP contribution in [0, 0.1) is 20.8 Å². The van der Waals surface area contributed by atoms with Crippen molar-refractivity contribution in [2.24, 2.45) is 0 Å². The molecule has 1 rings (SSSR count). The summed E-state index contributed by atoms with van der Waals surface area (Å²) in [6.45, 7) is 9.91. The monoisotopic (exact) mass is 447 g/mol. The van der Waals surface area contributed by atoms with Gasteiger partial charge in [-0.3, -0.25) is 9.35 Å². The number of benzene rings is 1. The van der Waals surface area contributed by atoms with Crippen LogP contribution in [0.5, 0.6) is 5.75 Å². The maximum absolute atomic E-state index is 12.1. The standard InChI is InChI=1S/C24H33NO5S/c1-17(11-12-22-19(3)16-23(30-7)21(5)20(22)4)9-8-10-18(2)15-24(26)25(6)13-14-31(27,28)29/h8-12,15-16H,13-14H2,1-7H3,(H,27,28,29)/b10-8+,12-11+,17-9+,18-15+. The highest BCUT2D eigenvalue weighted by Crippen LogP contribution is 2.28. The molecular weight excluding hydrogens is 414 g/mol. The van der Waals surface area contributed by atoms with Crippen molar-refractivity contribution in [1.29, 1.82) is 0 Å². The van der Waals surface area contributed by atoms with E-state index in [2.05, 4.69) is 19.9 Å². The lowest BCUT2D eigenvalue weighted by Crippen LogP contribution is -2.30. The van der Waals surface area contributed by atoms with Crippen LogP contribution in [0.15, 0.2) is 47.6 Å². The van der Waals surface area contributed by atoms with Gasteiger partial charge in [0.15, 0.2) is 0 Å². The maximum Gasteiger partial charge on any atom is 0.266 e. The summed E-state index contributed by atoms with van der Waals surface area (Å²) in [5.74, 6) is 0.0776. The molecule has 1 aromatic carbocycles. The largest absolute Gasteiger partial charge is 0.496 e. The highest BCUT2D eigenvalue weighted by molar-refractivity contribution is 7.85. The number of likely N-dealkylation sites (N-methyl/N-ethyl adjacent to an activating group) is 1. The Labute approximate surface area is 186 Å². The second kappa shape index (κ2) is 11.7. The second-order valence-corrected chi connectivity index (χ2v) is 9.17. The van der Waals surface area contributed by atoms with Gasteiger partial charge < -0.3 is 9.64 Å². The smallest absolute Gasteiger partial charge is 0.266 e. The van der Waals surface area contributed by atoms with Gasteiger partial charge in [0.1, 0.15) is 5.75 Å². The zero-order valence-corrected chi connectivity index (χ0v) is 20.2. The van der Waals surface area contributed by atoms with Crippen LogP contribution in [0.3, 0.4) is 0 Å². The average Bonchev–Trinajstić information content (AvgIpc) is 2.67. The molecule has 7 heteroatoms. The molecule has 0 atom stereocenters. The third kappa shape index (κ3) is 8.94. The van der Waals surface area contributed by atoms with Crippen molar-refractivity contribution >= 4 is 22.1 Å². The van der Waals surface area contributed by atoms with Crippen LogP contribution in [-0.4, -0.2) is 50.2 Å². The molecule has 0 saturated carbocycles. The number of allylic oxidation sites excluding steroid dienone is 6. The second-order valence-electron chi connectivity index (χ2n) is 7.60. The summed E-state index contributed by atoms with van der Waals surface area (Å²) in [4.78, 5) is 13.3. The molecule has 1 amide bonds. The summed E-state index contributed by atoms with van der Waals surface area (Å²) in [7, 11) is -0.926. The number of carbonyl (C=O) groups excluding carboxylic acids is 1. The van der Waals surface area contributed by atoms with E-state index in [1.807, 2.05) is 38.1 Å². The van der Waals surface area contributed by atoms with Crippen molar-refractivity contribution in [1.82, 2.24) is 4.90 Å². The van der Waals surface area contributed by atoms with Gasteiger partial charge in [-0.1, -0.05) is 36.0 Å². The lowest BCUT2D eigenvalue weighted by Gasteiger charge is -2.14. The van der Waals surface area contributed by atoms with Gasteiger partial charge in [-0.2, -0.15) is 8.42 Å². The summed E-state index contributed by atoms with van der Waals surface area (Å²) in [6, 6.07) is 2.04. The van der Waals surface area contributed by atoms with Crippen molar-refractivity contribution in [3.8, 4) is 5.75 Å². The summed E-state index contributed by atoms with van der Waals surface area (Å²) < 4.78 is 35.8. The molecule has 0 fully saturated rings. The van der Waals surface area contributed by atoms with Crippen LogP contribution in [0.1, 0.15) is 36.1 Å². The van der Waals surface area contributed by atoms with E-state index in [4.69, 9.17) is 9.29 Å². The molecule has 170 valence electrons. The summed E-state index contributed by atoms with van der Waals surface area (Å²) in [6.07, 6.45) is 11.2. The van der Waals surface area contributed by atoms with Gasteiger partial charge in [-0.15, -0.1) is 0 Å². The molecule has 0 saturated heterocycles. The molecule has 0 aliphatic rings. The van der Waals surface area contributed by atoms with E-state index in [0.29, 0.717) is 0 Å². The van der Waals surface area contributed by atoms with E-state index in [0.717, 1.165) is 28.0 Å². The third-order valence-corrected chi connectivity index (χ3v) is 5.67. The van der Waals surface area contributed by atoms with Crippen molar-refractivity contribution < 1.29 is 22.5 Å². The molecule has 0 bridgehead atoms. The Hall–Kier alpha value is -2.64. The van der Waals surface area contributed by atoms with Crippen LogP contribution in [0.4, 0.5) is 0 Å². The number of ether oxygens (including phenoxy) is 1. The fraction of sp³-hybridized carbons (Fsp3) is 0.375. The number of hydrogen-bond acceptors (Lipinski definition) is 4. The minimum absolute atomic E-state index is 0.0708. The van der Waals surface area contributed by atoms with Gasteiger partial charge in [0, 0.05) is 19.7 Å². The van der Waals surface area contributed by atoms with Crippen molar-refractivity contribution in [2.45, 2.75) is 34.6 Å². The fourth-order valence-electron chi connectivity index (χ4n) is 2.87. The Morgan fingerprint density at radius 3 is 2.35 bits per heavy atom. The Morgan fingerprint density at radius 1 is 1.13 bits per heavy atom. The topological polar surface area (TPSA) is 83.9 Å². The average molecular weight is 448 g/mol. The Balaban J connectivity index is 2.82. The van der Waals surface area contributed by atoms with Crippen molar-refractivity contribution in [2.75, 3.05) is 26.5 Å². The minimum atomic E-state index is -4.09. The fourth-order valence-corrected chi connectivity index (χ4v) is 3.38. The molecule has 1 aromatic rings. The number of nitrogens with zero attached hydrogens (tertiary/aromatic N) is 1. The summed E-state index contributed by atoms with van der Waals surface area (Å²) >= 11 is 0. The molecule has 0 aromatic heterocycles. The van der Waals surface area contributed by atoms with Crippen LogP contribution < -0.4 is 4.74 Å². The molecule has 0 aliphatic heterocycles. The van der Waals surface area contributed by atoms with Gasteiger partial charge in [0.05, 0.1) is 12.9 Å². The first-order valence-electron chi connectivity index (χ1n) is 9.92. The first kappa shape index (κ1) is 26.4. The summed E-state index contributed by atoms with van der Waals surface area (Å²) in [5.41, 5.74) is 6.41. The number of carbonyl (C=O) groups is 1. The predicted octanol–water partition coefficient (Wildman–Crippen LogP) is 4.43. The number of aryl methyl sites for hydroxylation is 1. The Morgan fingerprint density at radius 2 is 1.77 bits per heavy atom. The van der Waals surface area contributed by atoms with Gasteiger partial charge in [-0.25, -0.2) is 0 Å². The Bertz CT molecular complexity index is 1030. The van der Waals surface area contributed by atoms with Crippen LogP contribution in [-0.2, 0) is 14.9 Å². The number of rotatable bonds is 9. The molecule has 0 spiro atoms. The molecule has 1 N–H and O–H groups in total. The van der Waals surface area contributed by atoms with E-state index >= 15 is 0 Å². The lowest BCUT2D eigenvalue weighted by atomic mass is 9.96. The quantitative estimate of drug-likeness (QED) is 0.344. The van der Waals surface area contributed by atoms with Crippen molar-refractivity contribution in [3.05, 3.63) is 69.8 Å². The SMILES string of the molecule is COc1cc(C)c(/C=C/C(C)=C/C=C/C(C)=C/C(=O)N(C)CCS(=O)(=O)O)c(C)c1C. The molecule has 0 radical (unpaired) electrons. The van der Waals surface area contributed by atoms with E-state index in [1.165, 1.54) is 29.2 Å².